The van der Waals surface area contributed by atoms with Crippen LogP contribution in [0.3, 0.4) is 0 Å². The molecule has 7 heteroatoms. The summed E-state index contributed by atoms with van der Waals surface area (Å²) in [5, 5.41) is 11.5. The van der Waals surface area contributed by atoms with Gasteiger partial charge in [0, 0.05) is 12.2 Å². The monoisotopic (exact) mass is 371 g/mol. The molecule has 0 saturated heterocycles. The first-order valence-electron chi connectivity index (χ1n) is 8.85. The molecule has 1 aliphatic heterocycles. The largest absolute Gasteiger partial charge is 0.479 e. The Balaban J connectivity index is 2.36. The van der Waals surface area contributed by atoms with Crippen LogP contribution in [0.5, 0.6) is 5.75 Å². The Morgan fingerprint density at radius 1 is 1.33 bits per heavy atom. The number of benzene rings is 1. The van der Waals surface area contributed by atoms with Crippen LogP contribution >= 0.6 is 0 Å². The molecule has 0 fully saturated rings. The maximum absolute atomic E-state index is 12.6. The highest BCUT2D eigenvalue weighted by Gasteiger charge is 2.36. The highest BCUT2D eigenvalue weighted by molar-refractivity contribution is 5.95. The topological polar surface area (TPSA) is 91.7 Å². The Hall–Kier alpha value is -3.01. The average molecular weight is 371 g/mol. The van der Waals surface area contributed by atoms with Gasteiger partial charge in [-0.2, -0.15) is 5.26 Å². The lowest BCUT2D eigenvalue weighted by atomic mass is 9.94. The van der Waals surface area contributed by atoms with Crippen LogP contribution in [0.25, 0.3) is 0 Å². The molecule has 0 aliphatic carbocycles. The molecule has 2 amide bonds. The van der Waals surface area contributed by atoms with Crippen LogP contribution in [0.15, 0.2) is 35.5 Å². The minimum atomic E-state index is -0.606. The number of nitrogens with zero attached hydrogens (tertiary/aromatic N) is 2. The number of carbonyl (C=O) groups excluding carboxylic acids is 2. The molecule has 2 rings (SSSR count). The molecular weight excluding hydrogens is 346 g/mol. The number of hydrogen-bond acceptors (Lipinski definition) is 5. The normalized spacial score (nSPS) is 16.8. The van der Waals surface area contributed by atoms with E-state index in [9.17, 15) is 9.59 Å². The molecule has 0 saturated carbocycles. The van der Waals surface area contributed by atoms with Crippen molar-refractivity contribution in [3.63, 3.8) is 0 Å². The fourth-order valence-electron chi connectivity index (χ4n) is 2.93. The smallest absolute Gasteiger partial charge is 0.337 e. The third-order valence-electron chi connectivity index (χ3n) is 4.45. The lowest BCUT2D eigenvalue weighted by Gasteiger charge is -2.35. The third-order valence-corrected chi connectivity index (χ3v) is 4.45. The van der Waals surface area contributed by atoms with E-state index in [1.54, 1.807) is 36.1 Å². The molecule has 1 aromatic rings. The van der Waals surface area contributed by atoms with Gasteiger partial charge in [-0.05, 0) is 37.0 Å². The SMILES string of the molecule is COC(=O)C1=C(C)N(CCC(C)C)C(=O)N[C@@H]1c1ccc(OCC#N)cc1. The zero-order valence-electron chi connectivity index (χ0n) is 16.1. The average Bonchev–Trinajstić information content (AvgIpc) is 2.65. The summed E-state index contributed by atoms with van der Waals surface area (Å²) in [6, 6.07) is 7.99. The highest BCUT2D eigenvalue weighted by Crippen LogP contribution is 2.32. The quantitative estimate of drug-likeness (QED) is 0.744. The molecule has 27 heavy (non-hydrogen) atoms. The number of allylic oxidation sites excluding steroid dienone is 1. The number of esters is 1. The molecule has 0 bridgehead atoms. The van der Waals surface area contributed by atoms with Crippen molar-refractivity contribution in [1.82, 2.24) is 10.2 Å². The fraction of sp³-hybridized carbons (Fsp3) is 0.450. The van der Waals surface area contributed by atoms with Gasteiger partial charge in [0.15, 0.2) is 6.61 Å². The van der Waals surface area contributed by atoms with E-state index in [4.69, 9.17) is 14.7 Å². The van der Waals surface area contributed by atoms with Gasteiger partial charge >= 0.3 is 12.0 Å². The van der Waals surface area contributed by atoms with Crippen LogP contribution < -0.4 is 10.1 Å². The van der Waals surface area contributed by atoms with Gasteiger partial charge in [-0.1, -0.05) is 26.0 Å². The first-order chi connectivity index (χ1) is 12.9. The highest BCUT2D eigenvalue weighted by atomic mass is 16.5. The molecule has 1 atom stereocenters. The lowest BCUT2D eigenvalue weighted by molar-refractivity contribution is -0.136. The van der Waals surface area contributed by atoms with E-state index in [2.05, 4.69) is 19.2 Å². The summed E-state index contributed by atoms with van der Waals surface area (Å²) in [5.41, 5.74) is 1.74. The second-order valence-electron chi connectivity index (χ2n) is 6.72. The first-order valence-corrected chi connectivity index (χ1v) is 8.85. The van der Waals surface area contributed by atoms with Crippen molar-refractivity contribution in [2.24, 2.45) is 5.92 Å². The van der Waals surface area contributed by atoms with Crippen LogP contribution in [0.2, 0.25) is 0 Å². The van der Waals surface area contributed by atoms with E-state index in [-0.39, 0.29) is 12.6 Å². The van der Waals surface area contributed by atoms with E-state index in [0.29, 0.717) is 29.5 Å². The van der Waals surface area contributed by atoms with Gasteiger partial charge in [0.25, 0.3) is 0 Å². The summed E-state index contributed by atoms with van der Waals surface area (Å²) in [5.74, 6) is 0.504. The van der Waals surface area contributed by atoms with Crippen LogP contribution in [0, 0.1) is 17.2 Å². The summed E-state index contributed by atoms with van der Waals surface area (Å²) in [6.07, 6.45) is 0.828. The van der Waals surface area contributed by atoms with Crippen molar-refractivity contribution in [1.29, 1.82) is 5.26 Å². The van der Waals surface area contributed by atoms with Crippen LogP contribution in [0.1, 0.15) is 38.8 Å². The molecular formula is C20H25N3O4. The summed E-state index contributed by atoms with van der Waals surface area (Å²) >= 11 is 0. The van der Waals surface area contributed by atoms with Crippen LogP contribution in [-0.4, -0.2) is 37.2 Å². The second-order valence-corrected chi connectivity index (χ2v) is 6.72. The summed E-state index contributed by atoms with van der Waals surface area (Å²) in [4.78, 5) is 26.7. The van der Waals surface area contributed by atoms with E-state index < -0.39 is 12.0 Å². The van der Waals surface area contributed by atoms with E-state index >= 15 is 0 Å². The molecule has 1 aliphatic rings. The third kappa shape index (κ3) is 4.79. The number of ether oxygens (including phenoxy) is 2. The summed E-state index contributed by atoms with van der Waals surface area (Å²) < 4.78 is 10.2. The number of nitrogens with one attached hydrogen (secondary N) is 1. The number of urea groups is 1. The van der Waals surface area contributed by atoms with Crippen molar-refractivity contribution in [3.8, 4) is 11.8 Å². The van der Waals surface area contributed by atoms with Gasteiger partial charge in [0.2, 0.25) is 0 Å². The standard InChI is InChI=1S/C20H25N3O4/c1-13(2)9-11-23-14(3)17(19(24)26-4)18(22-20(23)25)15-5-7-16(8-6-15)27-12-10-21/h5-8,13,18H,9,11-12H2,1-4H3,(H,22,25)/t18-/m1/s1. The molecule has 0 spiro atoms. The van der Waals surface area contributed by atoms with E-state index in [0.717, 1.165) is 12.0 Å². The molecule has 0 radical (unpaired) electrons. The zero-order valence-corrected chi connectivity index (χ0v) is 16.1. The van der Waals surface area contributed by atoms with Gasteiger partial charge in [-0.25, -0.2) is 9.59 Å². The van der Waals surface area contributed by atoms with E-state index in [1.165, 1.54) is 7.11 Å². The van der Waals surface area contributed by atoms with Crippen molar-refractivity contribution in [2.45, 2.75) is 33.2 Å². The van der Waals surface area contributed by atoms with E-state index in [1.807, 2.05) is 6.07 Å². The Morgan fingerprint density at radius 2 is 2.00 bits per heavy atom. The predicted octanol–water partition coefficient (Wildman–Crippen LogP) is 3.15. The Morgan fingerprint density at radius 3 is 2.56 bits per heavy atom. The minimum absolute atomic E-state index is 0.0449. The molecule has 144 valence electrons. The van der Waals surface area contributed by atoms with Crippen molar-refractivity contribution < 1.29 is 19.1 Å². The number of carbonyl (C=O) groups is 2. The number of hydrogen-bond donors (Lipinski definition) is 1. The zero-order chi connectivity index (χ0) is 20.0. The number of methoxy groups -OCH3 is 1. The molecule has 0 unspecified atom stereocenters. The molecule has 0 aromatic heterocycles. The first kappa shape index (κ1) is 20.3. The van der Waals surface area contributed by atoms with Gasteiger partial charge in [-0.15, -0.1) is 0 Å². The van der Waals surface area contributed by atoms with Crippen molar-refractivity contribution >= 4 is 12.0 Å². The number of nitriles is 1. The van der Waals surface area contributed by atoms with Crippen LogP contribution in [0.4, 0.5) is 4.79 Å². The number of rotatable bonds is 7. The number of amides is 2. The minimum Gasteiger partial charge on any atom is -0.479 e. The second kappa shape index (κ2) is 9.08. The Kier molecular flexibility index (Phi) is 6.83. The molecule has 1 heterocycles. The predicted molar refractivity (Wildman–Crippen MR) is 99.7 cm³/mol. The molecule has 1 N–H and O–H groups in total. The maximum atomic E-state index is 12.6. The Bertz CT molecular complexity index is 762. The summed E-state index contributed by atoms with van der Waals surface area (Å²) in [6.45, 7) is 6.42. The van der Waals surface area contributed by atoms with Crippen molar-refractivity contribution in [3.05, 3.63) is 41.1 Å². The Labute approximate surface area is 159 Å². The summed E-state index contributed by atoms with van der Waals surface area (Å²) in [7, 11) is 1.33. The molecule has 7 nitrogen and oxygen atoms in total. The van der Waals surface area contributed by atoms with Gasteiger partial charge < -0.3 is 14.8 Å². The maximum Gasteiger partial charge on any atom is 0.337 e. The van der Waals surface area contributed by atoms with Crippen molar-refractivity contribution in [2.75, 3.05) is 20.3 Å². The molecule has 1 aromatic carbocycles. The fourth-order valence-corrected chi connectivity index (χ4v) is 2.93. The van der Waals surface area contributed by atoms with Gasteiger partial charge in [-0.3, -0.25) is 4.90 Å². The van der Waals surface area contributed by atoms with Gasteiger partial charge in [0.05, 0.1) is 18.7 Å². The lowest BCUT2D eigenvalue weighted by Crippen LogP contribution is -2.48. The van der Waals surface area contributed by atoms with Gasteiger partial charge in [0.1, 0.15) is 11.8 Å². The van der Waals surface area contributed by atoms with Crippen LogP contribution in [-0.2, 0) is 9.53 Å².